The van der Waals surface area contributed by atoms with E-state index in [4.69, 9.17) is 6.42 Å². The maximum absolute atomic E-state index is 12.5. The fourth-order valence-electron chi connectivity index (χ4n) is 1.62. The average molecular weight is 255 g/mol. The van der Waals surface area contributed by atoms with Gasteiger partial charge in [-0.25, -0.2) is 0 Å². The van der Waals surface area contributed by atoms with Gasteiger partial charge in [0.1, 0.15) is 0 Å². The molecule has 0 saturated carbocycles. The molecule has 1 rings (SSSR count). The molecule has 0 radical (unpaired) electrons. The quantitative estimate of drug-likeness (QED) is 0.793. The van der Waals surface area contributed by atoms with Crippen LogP contribution in [0.3, 0.4) is 0 Å². The molecule has 1 nitrogen and oxygen atoms in total. The Morgan fingerprint density at radius 3 is 2.67 bits per heavy atom. The first-order valence-electron chi connectivity index (χ1n) is 5.80. The molecule has 0 saturated heterocycles. The summed E-state index contributed by atoms with van der Waals surface area (Å²) in [6.45, 7) is 2.38. The number of terminal acetylenes is 1. The summed E-state index contributed by atoms with van der Waals surface area (Å²) in [5.41, 5.74) is -0.00732. The standard InChI is InChI=1S/C14H16F3N/c1-3-6-13(4-2)18-10-11-7-5-8-12(9-11)14(15,16)17/h1,5,7-9,13,18H,4,6,10H2,2H3. The number of hydrogen-bond donors (Lipinski definition) is 1. The van der Waals surface area contributed by atoms with Gasteiger partial charge in [0.05, 0.1) is 5.56 Å². The molecule has 1 aromatic rings. The molecule has 0 aliphatic heterocycles. The van der Waals surface area contributed by atoms with Crippen LogP contribution in [0.5, 0.6) is 0 Å². The van der Waals surface area contributed by atoms with Crippen molar-refractivity contribution >= 4 is 0 Å². The van der Waals surface area contributed by atoms with Crippen molar-refractivity contribution in [2.24, 2.45) is 0 Å². The van der Waals surface area contributed by atoms with E-state index in [9.17, 15) is 13.2 Å². The van der Waals surface area contributed by atoms with Gasteiger partial charge in [0.25, 0.3) is 0 Å². The van der Waals surface area contributed by atoms with Crippen LogP contribution in [-0.4, -0.2) is 6.04 Å². The Labute approximate surface area is 105 Å². The molecule has 1 unspecified atom stereocenters. The van der Waals surface area contributed by atoms with Crippen molar-refractivity contribution in [3.8, 4) is 12.3 Å². The number of rotatable bonds is 5. The molecule has 98 valence electrons. The summed E-state index contributed by atoms with van der Waals surface area (Å²) < 4.78 is 37.5. The molecule has 0 heterocycles. The van der Waals surface area contributed by atoms with Crippen molar-refractivity contribution in [1.82, 2.24) is 5.32 Å². The second kappa shape index (κ2) is 6.46. The lowest BCUT2D eigenvalue weighted by atomic mass is 10.1. The Balaban J connectivity index is 2.66. The topological polar surface area (TPSA) is 12.0 Å². The van der Waals surface area contributed by atoms with Crippen molar-refractivity contribution in [3.63, 3.8) is 0 Å². The molecule has 0 aliphatic rings. The van der Waals surface area contributed by atoms with Crippen LogP contribution in [0, 0.1) is 12.3 Å². The van der Waals surface area contributed by atoms with E-state index >= 15 is 0 Å². The Morgan fingerprint density at radius 2 is 2.11 bits per heavy atom. The van der Waals surface area contributed by atoms with E-state index < -0.39 is 11.7 Å². The Bertz CT molecular complexity index is 418. The lowest BCUT2D eigenvalue weighted by Gasteiger charge is -2.15. The maximum atomic E-state index is 12.5. The zero-order chi connectivity index (χ0) is 13.6. The number of halogens is 3. The number of hydrogen-bond acceptors (Lipinski definition) is 1. The number of nitrogens with one attached hydrogen (secondary N) is 1. The molecular weight excluding hydrogens is 239 g/mol. The minimum absolute atomic E-state index is 0.143. The van der Waals surface area contributed by atoms with E-state index in [-0.39, 0.29) is 6.04 Å². The molecule has 0 bridgehead atoms. The van der Waals surface area contributed by atoms with Gasteiger partial charge in [0.2, 0.25) is 0 Å². The zero-order valence-electron chi connectivity index (χ0n) is 10.2. The highest BCUT2D eigenvalue weighted by Gasteiger charge is 2.30. The predicted octanol–water partition coefficient (Wildman–Crippen LogP) is 3.60. The molecule has 18 heavy (non-hydrogen) atoms. The lowest BCUT2D eigenvalue weighted by Crippen LogP contribution is -2.27. The molecule has 1 aromatic carbocycles. The summed E-state index contributed by atoms with van der Waals surface area (Å²) in [5.74, 6) is 2.55. The van der Waals surface area contributed by atoms with Gasteiger partial charge in [-0.2, -0.15) is 13.2 Å². The second-order valence-electron chi connectivity index (χ2n) is 4.09. The number of alkyl halides is 3. The highest BCUT2D eigenvalue weighted by molar-refractivity contribution is 5.25. The smallest absolute Gasteiger partial charge is 0.309 e. The van der Waals surface area contributed by atoms with Crippen LogP contribution >= 0.6 is 0 Å². The minimum atomic E-state index is -4.29. The Morgan fingerprint density at radius 1 is 1.39 bits per heavy atom. The van der Waals surface area contributed by atoms with Crippen molar-refractivity contribution < 1.29 is 13.2 Å². The second-order valence-corrected chi connectivity index (χ2v) is 4.09. The van der Waals surface area contributed by atoms with Crippen LogP contribution in [0.25, 0.3) is 0 Å². The van der Waals surface area contributed by atoms with Gasteiger partial charge in [-0.15, -0.1) is 12.3 Å². The highest BCUT2D eigenvalue weighted by Crippen LogP contribution is 2.29. The average Bonchev–Trinajstić information content (AvgIpc) is 2.34. The first-order valence-corrected chi connectivity index (χ1v) is 5.80. The van der Waals surface area contributed by atoms with Gasteiger partial charge in [0, 0.05) is 19.0 Å². The van der Waals surface area contributed by atoms with E-state index in [2.05, 4.69) is 11.2 Å². The van der Waals surface area contributed by atoms with Crippen molar-refractivity contribution in [2.75, 3.05) is 0 Å². The summed E-state index contributed by atoms with van der Waals surface area (Å²) in [6.07, 6.45) is 2.35. The fraction of sp³-hybridized carbons (Fsp3) is 0.429. The minimum Gasteiger partial charge on any atom is -0.309 e. The van der Waals surface area contributed by atoms with Crippen molar-refractivity contribution in [2.45, 2.75) is 38.5 Å². The normalized spacial score (nSPS) is 13.1. The van der Waals surface area contributed by atoms with Gasteiger partial charge < -0.3 is 5.32 Å². The first kappa shape index (κ1) is 14.6. The first-order chi connectivity index (χ1) is 8.47. The van der Waals surface area contributed by atoms with E-state index in [1.165, 1.54) is 6.07 Å². The van der Waals surface area contributed by atoms with Gasteiger partial charge in [-0.3, -0.25) is 0 Å². The largest absolute Gasteiger partial charge is 0.416 e. The Hall–Kier alpha value is -1.47. The summed E-state index contributed by atoms with van der Waals surface area (Å²) >= 11 is 0. The maximum Gasteiger partial charge on any atom is 0.416 e. The van der Waals surface area contributed by atoms with Crippen LogP contribution in [0.4, 0.5) is 13.2 Å². The molecule has 1 atom stereocenters. The summed E-state index contributed by atoms with van der Waals surface area (Å²) in [7, 11) is 0. The predicted molar refractivity (Wildman–Crippen MR) is 65.8 cm³/mol. The molecule has 0 amide bonds. The fourth-order valence-corrected chi connectivity index (χ4v) is 1.62. The van der Waals surface area contributed by atoms with Crippen LogP contribution in [0.2, 0.25) is 0 Å². The third kappa shape index (κ3) is 4.42. The molecule has 1 N–H and O–H groups in total. The number of benzene rings is 1. The summed E-state index contributed by atoms with van der Waals surface area (Å²) in [6, 6.07) is 5.47. The SMILES string of the molecule is C#CCC(CC)NCc1cccc(C(F)(F)F)c1. The lowest BCUT2D eigenvalue weighted by molar-refractivity contribution is -0.137. The third-order valence-electron chi connectivity index (χ3n) is 2.71. The molecule has 0 aromatic heterocycles. The van der Waals surface area contributed by atoms with Crippen molar-refractivity contribution in [1.29, 1.82) is 0 Å². The van der Waals surface area contributed by atoms with E-state index in [1.807, 2.05) is 6.92 Å². The van der Waals surface area contributed by atoms with Gasteiger partial charge >= 0.3 is 6.18 Å². The zero-order valence-corrected chi connectivity index (χ0v) is 10.2. The van der Waals surface area contributed by atoms with Crippen molar-refractivity contribution in [3.05, 3.63) is 35.4 Å². The van der Waals surface area contributed by atoms with Gasteiger partial charge in [0.15, 0.2) is 0 Å². The highest BCUT2D eigenvalue weighted by atomic mass is 19.4. The van der Waals surface area contributed by atoms with Crippen LogP contribution in [-0.2, 0) is 12.7 Å². The molecular formula is C14H16F3N. The van der Waals surface area contributed by atoms with E-state index in [1.54, 1.807) is 6.07 Å². The summed E-state index contributed by atoms with van der Waals surface area (Å²) in [5, 5.41) is 3.16. The molecule has 0 spiro atoms. The van der Waals surface area contributed by atoms with Crippen LogP contribution < -0.4 is 5.32 Å². The summed E-state index contributed by atoms with van der Waals surface area (Å²) in [4.78, 5) is 0. The monoisotopic (exact) mass is 255 g/mol. The van der Waals surface area contributed by atoms with E-state index in [0.717, 1.165) is 18.6 Å². The van der Waals surface area contributed by atoms with Gasteiger partial charge in [-0.1, -0.05) is 25.1 Å². The third-order valence-corrected chi connectivity index (χ3v) is 2.71. The molecule has 0 aliphatic carbocycles. The van der Waals surface area contributed by atoms with E-state index in [0.29, 0.717) is 18.5 Å². The van der Waals surface area contributed by atoms with Crippen LogP contribution in [0.15, 0.2) is 24.3 Å². The molecule has 4 heteroatoms. The van der Waals surface area contributed by atoms with Crippen LogP contribution in [0.1, 0.15) is 30.9 Å². The molecule has 0 fully saturated rings. The van der Waals surface area contributed by atoms with Gasteiger partial charge in [-0.05, 0) is 18.1 Å². The Kier molecular flexibility index (Phi) is 5.24.